The number of aromatic amines is 1. The minimum absolute atomic E-state index is 0.0402. The first kappa shape index (κ1) is 59.0. The minimum Gasteiger partial charge on any atom is -0.456 e. The molecule has 2 unspecified atom stereocenters. The van der Waals surface area contributed by atoms with Gasteiger partial charge in [-0.25, -0.2) is 19.4 Å². The number of nitriles is 1. The van der Waals surface area contributed by atoms with Crippen molar-refractivity contribution in [2.45, 2.75) is 181 Å². The van der Waals surface area contributed by atoms with Crippen LogP contribution in [0.1, 0.15) is 136 Å². The van der Waals surface area contributed by atoms with E-state index in [9.17, 15) is 24.4 Å². The molecule has 2 aromatic heterocycles. The molecule has 0 aliphatic carbocycles. The fraction of sp³-hybridized carbons (Fsp3) is 0.686. The topological polar surface area (TPSA) is 246 Å². The Morgan fingerprint density at radius 3 is 2.32 bits per heavy atom. The fourth-order valence-electron chi connectivity index (χ4n) is 9.02. The second kappa shape index (κ2) is 29.8. The number of unbranched alkanes of at least 4 members (excludes halogenated alkanes) is 4. The van der Waals surface area contributed by atoms with Gasteiger partial charge < -0.3 is 48.3 Å². The molecule has 2 fully saturated rings. The number of hydrogen-bond donors (Lipinski definition) is 3. The lowest BCUT2D eigenvalue weighted by Gasteiger charge is -2.45. The molecule has 0 radical (unpaired) electrons. The number of nitrogens with zero attached hydrogens (tertiary/aromatic N) is 7. The van der Waals surface area contributed by atoms with Crippen LogP contribution in [0.5, 0.6) is 0 Å². The van der Waals surface area contributed by atoms with Crippen molar-refractivity contribution in [3.05, 3.63) is 52.6 Å². The molecular formula is C51H79N10O11P. The molecule has 0 spiro atoms. The summed E-state index contributed by atoms with van der Waals surface area (Å²) in [6.07, 6.45) is 5.19. The number of nitrogens with one attached hydrogen (secondary N) is 3. The maximum Gasteiger partial charge on any atom is 0.338 e. The number of hydrogen-bond acceptors (Lipinski definition) is 16. The van der Waals surface area contributed by atoms with E-state index in [1.807, 2.05) is 40.9 Å². The molecule has 0 bridgehead atoms. The van der Waals surface area contributed by atoms with Gasteiger partial charge in [0.25, 0.3) is 14.1 Å². The lowest BCUT2D eigenvalue weighted by atomic mass is 9.87. The number of imidazole rings is 1. The van der Waals surface area contributed by atoms with E-state index in [0.717, 1.165) is 25.7 Å². The summed E-state index contributed by atoms with van der Waals surface area (Å²) in [5.41, 5.74) is 0.395. The molecule has 404 valence electrons. The van der Waals surface area contributed by atoms with Gasteiger partial charge in [-0.2, -0.15) is 10.2 Å². The van der Waals surface area contributed by atoms with Gasteiger partial charge in [0.05, 0.1) is 49.5 Å². The van der Waals surface area contributed by atoms with E-state index < -0.39 is 56.9 Å². The highest BCUT2D eigenvalue weighted by atomic mass is 31.2. The maximum atomic E-state index is 13.2. The number of benzene rings is 1. The number of carbonyl (C=O) groups is 3. The second-order valence-corrected chi connectivity index (χ2v) is 20.6. The van der Waals surface area contributed by atoms with Crippen LogP contribution in [-0.2, 0) is 42.3 Å². The van der Waals surface area contributed by atoms with Gasteiger partial charge in [-0.05, 0) is 78.4 Å². The fourth-order valence-corrected chi connectivity index (χ4v) is 10.8. The third kappa shape index (κ3) is 17.1. The Morgan fingerprint density at radius 2 is 1.64 bits per heavy atom. The van der Waals surface area contributed by atoms with Crippen molar-refractivity contribution in [2.75, 3.05) is 40.5 Å². The largest absolute Gasteiger partial charge is 0.456 e. The summed E-state index contributed by atoms with van der Waals surface area (Å²) in [6.45, 7) is 17.1. The van der Waals surface area contributed by atoms with E-state index in [1.165, 1.54) is 13.3 Å². The standard InChI is InChI=1S/C51H79N10O11P/c1-11-38-35(7)43(71-49(65)37-23-16-15-17-24-37)41(56-36(8)62)50(70-38)67-29-21-18-25-40(63)53-27-19-13-14-20-28-66-44-39(12-2)69-48(45(44)72-73(68-30-22-26-52)61(33(3)4)34(5)6)60-32-54-42-46(60)57-51(58-47(42)64)55-31-59(9)10/h15-17,23-24,31-35,38-39,41,43-45,48,50H,11-14,18-22,25,27-30H2,1-10H3,(H,53,63)(H,56,62)(H,57,58,64)/b55-31+/t35-,38+,39+,41+,43-,44?,45-,48+,50+,73?/m0/s1. The zero-order chi connectivity index (χ0) is 53.0. The van der Waals surface area contributed by atoms with Crippen molar-refractivity contribution < 1.29 is 47.1 Å². The number of fused-ring (bicyclic) bond motifs is 1. The molecule has 5 rings (SSSR count). The van der Waals surface area contributed by atoms with Gasteiger partial charge >= 0.3 is 5.97 Å². The monoisotopic (exact) mass is 1040 g/mol. The summed E-state index contributed by atoms with van der Waals surface area (Å²) in [7, 11) is 1.92. The molecule has 1 aromatic carbocycles. The molecular weight excluding hydrogens is 960 g/mol. The minimum atomic E-state index is -1.71. The van der Waals surface area contributed by atoms with Gasteiger partial charge in [0.1, 0.15) is 24.4 Å². The van der Waals surface area contributed by atoms with E-state index in [-0.39, 0.29) is 78.8 Å². The van der Waals surface area contributed by atoms with Crippen LogP contribution in [0.25, 0.3) is 11.2 Å². The van der Waals surface area contributed by atoms with Crippen molar-refractivity contribution in [1.29, 1.82) is 5.26 Å². The smallest absolute Gasteiger partial charge is 0.338 e. The Hall–Kier alpha value is -4.91. The highest BCUT2D eigenvalue weighted by molar-refractivity contribution is 7.44. The molecule has 2 saturated heterocycles. The summed E-state index contributed by atoms with van der Waals surface area (Å²) in [5.74, 6) is -0.898. The molecule has 3 N–H and O–H groups in total. The molecule has 22 heteroatoms. The van der Waals surface area contributed by atoms with Crippen LogP contribution in [0.3, 0.4) is 0 Å². The van der Waals surface area contributed by atoms with Gasteiger partial charge in [0.15, 0.2) is 23.7 Å². The van der Waals surface area contributed by atoms with Gasteiger partial charge in [-0.3, -0.25) is 23.9 Å². The average molecular weight is 1040 g/mol. The molecule has 10 atom stereocenters. The number of rotatable bonds is 30. The number of esters is 1. The van der Waals surface area contributed by atoms with Crippen LogP contribution >= 0.6 is 8.53 Å². The summed E-state index contributed by atoms with van der Waals surface area (Å²) in [6, 6.07) is 10.3. The van der Waals surface area contributed by atoms with E-state index in [4.69, 9.17) is 32.7 Å². The predicted molar refractivity (Wildman–Crippen MR) is 277 cm³/mol. The SMILES string of the molecule is CC[C@H]1O[C@@H](n2cnc3c(=O)[nH]c(/N=C/N(C)C)nc32)[C@@H](OP(OCCC#N)N(C(C)C)C(C)C)C1OCCCCCCNC(=O)CCCCO[C@@H]1O[C@H](CC)[C@H](C)[C@H](OC(=O)c2ccccc2)[C@H]1NC(C)=O. The third-order valence-corrected chi connectivity index (χ3v) is 14.7. The maximum absolute atomic E-state index is 13.2. The van der Waals surface area contributed by atoms with Crippen LogP contribution in [0.4, 0.5) is 5.95 Å². The quantitative estimate of drug-likeness (QED) is 0.0199. The molecule has 2 aliphatic heterocycles. The Kier molecular flexibility index (Phi) is 24.1. The first-order chi connectivity index (χ1) is 35.1. The van der Waals surface area contributed by atoms with Crippen LogP contribution in [0, 0.1) is 17.2 Å². The summed E-state index contributed by atoms with van der Waals surface area (Å²) < 4.78 is 49.1. The van der Waals surface area contributed by atoms with Crippen LogP contribution in [0.15, 0.2) is 46.4 Å². The number of carbonyl (C=O) groups excluding carboxylic acids is 3. The van der Waals surface area contributed by atoms with E-state index in [2.05, 4.69) is 69.0 Å². The van der Waals surface area contributed by atoms with E-state index in [0.29, 0.717) is 50.8 Å². The highest BCUT2D eigenvalue weighted by Crippen LogP contribution is 2.51. The number of H-pyrrole nitrogens is 1. The number of aliphatic imine (C=N–C) groups is 1. The molecule has 2 aliphatic rings. The molecule has 3 aromatic rings. The van der Waals surface area contributed by atoms with E-state index in [1.54, 1.807) is 40.1 Å². The average Bonchev–Trinajstić information content (AvgIpc) is 3.93. The Labute approximate surface area is 431 Å². The number of ether oxygens (including phenoxy) is 5. The Balaban J connectivity index is 1.12. The summed E-state index contributed by atoms with van der Waals surface area (Å²) in [4.78, 5) is 69.2. The number of amides is 2. The van der Waals surface area contributed by atoms with Crippen LogP contribution in [0.2, 0.25) is 0 Å². The molecule has 73 heavy (non-hydrogen) atoms. The van der Waals surface area contributed by atoms with Gasteiger partial charge in [0.2, 0.25) is 17.8 Å². The van der Waals surface area contributed by atoms with E-state index >= 15 is 0 Å². The molecule has 0 saturated carbocycles. The van der Waals surface area contributed by atoms with Crippen molar-refractivity contribution in [1.82, 2.24) is 39.7 Å². The zero-order valence-electron chi connectivity index (χ0n) is 44.4. The van der Waals surface area contributed by atoms with Gasteiger partial charge in [-0.15, -0.1) is 0 Å². The van der Waals surface area contributed by atoms with Crippen LogP contribution in [-0.4, -0.2) is 149 Å². The first-order valence-electron chi connectivity index (χ1n) is 25.8. The second-order valence-electron chi connectivity index (χ2n) is 19.2. The molecule has 4 heterocycles. The normalized spacial score (nSPS) is 23.6. The van der Waals surface area contributed by atoms with Crippen LogP contribution < -0.4 is 16.2 Å². The third-order valence-electron chi connectivity index (χ3n) is 12.5. The van der Waals surface area contributed by atoms with Crippen molar-refractivity contribution >= 4 is 49.8 Å². The van der Waals surface area contributed by atoms with Crippen molar-refractivity contribution in [3.8, 4) is 6.07 Å². The predicted octanol–water partition coefficient (Wildman–Crippen LogP) is 7.06. The zero-order valence-corrected chi connectivity index (χ0v) is 45.3. The van der Waals surface area contributed by atoms with Gasteiger partial charge in [0, 0.05) is 65.2 Å². The number of aromatic nitrogens is 4. The Morgan fingerprint density at radius 1 is 0.945 bits per heavy atom. The summed E-state index contributed by atoms with van der Waals surface area (Å²) in [5, 5.41) is 15.3. The lowest BCUT2D eigenvalue weighted by Crippen LogP contribution is -2.62. The summed E-state index contributed by atoms with van der Waals surface area (Å²) >= 11 is 0. The molecule has 2 amide bonds. The Bertz CT molecular complexity index is 2300. The molecule has 21 nitrogen and oxygen atoms in total. The lowest BCUT2D eigenvalue weighted by molar-refractivity contribution is -0.249. The first-order valence-corrected chi connectivity index (χ1v) is 27.0. The van der Waals surface area contributed by atoms with Crippen molar-refractivity contribution in [2.24, 2.45) is 10.9 Å². The highest BCUT2D eigenvalue weighted by Gasteiger charge is 2.50. The van der Waals surface area contributed by atoms with Crippen molar-refractivity contribution in [3.63, 3.8) is 0 Å². The van der Waals surface area contributed by atoms with Gasteiger partial charge in [-0.1, -0.05) is 51.8 Å².